The standard InChI is InChI=1S/C23H30N8O4/c1-12-4-20(34)35-19-6-15(2-3-18(12)19)26-21-27-22(30-8-13(24)5-14(25)9-30)29-23(28-21)31-10-16(32)7-17(33)11-31/h2-4,6,13-14,16-17,32-33H,5,7-11,24-25H2,1H3,(H,26,27,28,29)/t13-,14+,16-,17-/m1/s1. The van der Waals surface area contributed by atoms with Gasteiger partial charge in [-0.1, -0.05) is 0 Å². The van der Waals surface area contributed by atoms with Gasteiger partial charge >= 0.3 is 5.63 Å². The number of hydrogen-bond donors (Lipinski definition) is 5. The summed E-state index contributed by atoms with van der Waals surface area (Å²) in [7, 11) is 0. The third-order valence-corrected chi connectivity index (χ3v) is 6.31. The molecule has 2 saturated heterocycles. The van der Waals surface area contributed by atoms with Gasteiger partial charge in [0.15, 0.2) is 0 Å². The smallest absolute Gasteiger partial charge is 0.336 e. The highest BCUT2D eigenvalue weighted by Gasteiger charge is 2.29. The van der Waals surface area contributed by atoms with Gasteiger partial charge in [-0.3, -0.25) is 0 Å². The van der Waals surface area contributed by atoms with Crippen LogP contribution in [0.15, 0.2) is 33.5 Å². The summed E-state index contributed by atoms with van der Waals surface area (Å²) in [5.74, 6) is 0.994. The molecule has 12 nitrogen and oxygen atoms in total. The summed E-state index contributed by atoms with van der Waals surface area (Å²) in [6.07, 6.45) is -0.374. The number of hydrogen-bond acceptors (Lipinski definition) is 12. The second-order valence-corrected chi connectivity index (χ2v) is 9.45. The number of aryl methyl sites for hydroxylation is 1. The average molecular weight is 483 g/mol. The third kappa shape index (κ3) is 5.20. The van der Waals surface area contributed by atoms with Crippen molar-refractivity contribution in [2.45, 2.75) is 44.1 Å². The first-order valence-electron chi connectivity index (χ1n) is 11.7. The van der Waals surface area contributed by atoms with Crippen molar-refractivity contribution in [1.29, 1.82) is 0 Å². The van der Waals surface area contributed by atoms with E-state index in [1.165, 1.54) is 6.07 Å². The summed E-state index contributed by atoms with van der Waals surface area (Å²) in [6.45, 7) is 3.52. The molecule has 0 radical (unpaired) electrons. The maximum absolute atomic E-state index is 11.8. The van der Waals surface area contributed by atoms with Crippen molar-refractivity contribution in [2.24, 2.45) is 11.5 Å². The second-order valence-electron chi connectivity index (χ2n) is 9.45. The average Bonchev–Trinajstić information content (AvgIpc) is 2.77. The zero-order chi connectivity index (χ0) is 24.7. The molecule has 5 rings (SSSR count). The molecule has 1 aromatic carbocycles. The first-order valence-corrected chi connectivity index (χ1v) is 11.7. The molecule has 12 heteroatoms. The molecule has 0 saturated carbocycles. The third-order valence-electron chi connectivity index (χ3n) is 6.31. The van der Waals surface area contributed by atoms with E-state index >= 15 is 0 Å². The summed E-state index contributed by atoms with van der Waals surface area (Å²) in [4.78, 5) is 29.3. The molecule has 186 valence electrons. The Morgan fingerprint density at radius 3 is 2.23 bits per heavy atom. The van der Waals surface area contributed by atoms with Gasteiger partial charge in [-0.05, 0) is 31.0 Å². The van der Waals surface area contributed by atoms with Gasteiger partial charge in [0.1, 0.15) is 5.58 Å². The fourth-order valence-corrected chi connectivity index (χ4v) is 4.78. The number of aliphatic hydroxyl groups is 2. The first-order chi connectivity index (χ1) is 16.7. The lowest BCUT2D eigenvalue weighted by Gasteiger charge is -2.36. The Hall–Kier alpha value is -3.32. The van der Waals surface area contributed by atoms with Gasteiger partial charge in [-0.25, -0.2) is 4.79 Å². The molecule has 3 aromatic rings. The van der Waals surface area contributed by atoms with Crippen LogP contribution in [-0.2, 0) is 0 Å². The zero-order valence-electron chi connectivity index (χ0n) is 19.5. The van der Waals surface area contributed by atoms with E-state index in [0.29, 0.717) is 62.2 Å². The molecule has 4 heterocycles. The van der Waals surface area contributed by atoms with E-state index in [1.54, 1.807) is 11.0 Å². The molecule has 2 fully saturated rings. The summed E-state index contributed by atoms with van der Waals surface area (Å²) in [6, 6.07) is 6.66. The molecule has 2 aliphatic heterocycles. The molecule has 2 aromatic heterocycles. The minimum absolute atomic E-state index is 0.111. The van der Waals surface area contributed by atoms with Crippen LogP contribution in [0.2, 0.25) is 0 Å². The lowest BCUT2D eigenvalue weighted by Crippen LogP contribution is -2.53. The molecule has 2 aliphatic rings. The Morgan fingerprint density at radius 2 is 1.57 bits per heavy atom. The molecular weight excluding hydrogens is 452 g/mol. The number of β-amino-alcohol motifs (C(OH)–C–C–N with tert-alkyl or cyclic N) is 2. The topological polar surface area (TPSA) is 180 Å². The van der Waals surface area contributed by atoms with Crippen LogP contribution in [0.1, 0.15) is 18.4 Å². The van der Waals surface area contributed by atoms with Gasteiger partial charge in [0.05, 0.1) is 12.2 Å². The highest BCUT2D eigenvalue weighted by atomic mass is 16.4. The minimum atomic E-state index is -0.696. The normalized spacial score (nSPS) is 25.2. The van der Waals surface area contributed by atoms with E-state index in [-0.39, 0.29) is 18.0 Å². The monoisotopic (exact) mass is 482 g/mol. The van der Waals surface area contributed by atoms with Crippen LogP contribution >= 0.6 is 0 Å². The first kappa shape index (κ1) is 23.4. The number of benzene rings is 1. The number of rotatable bonds is 4. The quantitative estimate of drug-likeness (QED) is 0.310. The molecule has 0 spiro atoms. The number of nitrogens with zero attached hydrogens (tertiary/aromatic N) is 5. The van der Waals surface area contributed by atoms with E-state index in [1.807, 2.05) is 24.0 Å². The van der Waals surface area contributed by atoms with Crippen molar-refractivity contribution in [3.63, 3.8) is 0 Å². The predicted molar refractivity (Wildman–Crippen MR) is 132 cm³/mol. The number of anilines is 4. The second kappa shape index (κ2) is 9.38. The fraction of sp³-hybridized carbons (Fsp3) is 0.478. The van der Waals surface area contributed by atoms with Crippen molar-refractivity contribution in [3.8, 4) is 0 Å². The maximum Gasteiger partial charge on any atom is 0.336 e. The van der Waals surface area contributed by atoms with E-state index in [2.05, 4.69) is 20.3 Å². The summed E-state index contributed by atoms with van der Waals surface area (Å²) in [5, 5.41) is 24.4. The molecule has 4 atom stereocenters. The largest absolute Gasteiger partial charge is 0.423 e. The van der Waals surface area contributed by atoms with Crippen LogP contribution in [0.25, 0.3) is 11.0 Å². The molecule has 0 aliphatic carbocycles. The van der Waals surface area contributed by atoms with E-state index in [9.17, 15) is 15.0 Å². The van der Waals surface area contributed by atoms with Crippen molar-refractivity contribution in [1.82, 2.24) is 15.0 Å². The van der Waals surface area contributed by atoms with Crippen molar-refractivity contribution in [2.75, 3.05) is 41.3 Å². The highest BCUT2D eigenvalue weighted by molar-refractivity contribution is 5.83. The minimum Gasteiger partial charge on any atom is -0.423 e. The molecule has 0 amide bonds. The van der Waals surface area contributed by atoms with Crippen LogP contribution in [0, 0.1) is 6.92 Å². The predicted octanol–water partition coefficient (Wildman–Crippen LogP) is -0.173. The Kier molecular flexibility index (Phi) is 6.28. The number of piperidine rings is 2. The number of aliphatic hydroxyl groups excluding tert-OH is 2. The number of nitrogens with two attached hydrogens (primary N) is 2. The van der Waals surface area contributed by atoms with Gasteiger partial charge in [0.25, 0.3) is 0 Å². The van der Waals surface area contributed by atoms with E-state index in [4.69, 9.17) is 15.9 Å². The molecule has 0 bridgehead atoms. The summed E-state index contributed by atoms with van der Waals surface area (Å²) >= 11 is 0. The van der Waals surface area contributed by atoms with Crippen LogP contribution in [0.5, 0.6) is 0 Å². The Morgan fingerprint density at radius 1 is 0.943 bits per heavy atom. The summed E-state index contributed by atoms with van der Waals surface area (Å²) < 4.78 is 5.36. The fourth-order valence-electron chi connectivity index (χ4n) is 4.78. The maximum atomic E-state index is 11.8. The Bertz CT molecular complexity index is 1220. The Balaban J connectivity index is 1.51. The van der Waals surface area contributed by atoms with Crippen LogP contribution in [-0.4, -0.2) is 75.6 Å². The van der Waals surface area contributed by atoms with E-state index in [0.717, 1.165) is 10.9 Å². The highest BCUT2D eigenvalue weighted by Crippen LogP contribution is 2.26. The van der Waals surface area contributed by atoms with Crippen LogP contribution in [0.4, 0.5) is 23.5 Å². The van der Waals surface area contributed by atoms with Crippen LogP contribution in [0.3, 0.4) is 0 Å². The van der Waals surface area contributed by atoms with Gasteiger partial charge in [0, 0.05) is 67.9 Å². The van der Waals surface area contributed by atoms with Gasteiger partial charge in [0.2, 0.25) is 17.8 Å². The van der Waals surface area contributed by atoms with Crippen molar-refractivity contribution >= 4 is 34.5 Å². The zero-order valence-corrected chi connectivity index (χ0v) is 19.5. The van der Waals surface area contributed by atoms with E-state index < -0.39 is 17.8 Å². The number of aromatic nitrogens is 3. The lowest BCUT2D eigenvalue weighted by molar-refractivity contribution is 0.0645. The van der Waals surface area contributed by atoms with Crippen molar-refractivity contribution < 1.29 is 14.6 Å². The lowest BCUT2D eigenvalue weighted by atomic mass is 10.0. The van der Waals surface area contributed by atoms with Crippen LogP contribution < -0.4 is 32.2 Å². The molecule has 35 heavy (non-hydrogen) atoms. The number of fused-ring (bicyclic) bond motifs is 1. The van der Waals surface area contributed by atoms with Gasteiger partial charge < -0.3 is 41.2 Å². The Labute approximate surface area is 201 Å². The SMILES string of the molecule is Cc1cc(=O)oc2cc(Nc3nc(N4C[C@H](N)C[C@H](N)C4)nc(N4C[C@H](O)C[C@@H](O)C4)n3)ccc12. The molecular formula is C23H30N8O4. The number of nitrogens with one attached hydrogen (secondary N) is 1. The van der Waals surface area contributed by atoms with Gasteiger partial charge in [-0.15, -0.1) is 0 Å². The van der Waals surface area contributed by atoms with Crippen molar-refractivity contribution in [3.05, 3.63) is 40.2 Å². The summed E-state index contributed by atoms with van der Waals surface area (Å²) in [5.41, 5.74) is 13.9. The van der Waals surface area contributed by atoms with Gasteiger partial charge in [-0.2, -0.15) is 15.0 Å². The molecule has 0 unspecified atom stereocenters. The molecule has 7 N–H and O–H groups in total.